The molecule has 0 saturated carbocycles. The standard InChI is InChI=1S/C7H7ClN3/c8-4-1-2-6-5(3-4)7(9)11-10-6/h1-3,10-11H,9H2. The maximum absolute atomic E-state index is 5.76. The molecule has 0 amide bonds. The Morgan fingerprint density at radius 1 is 1.27 bits per heavy atom. The lowest BCUT2D eigenvalue weighted by Crippen LogP contribution is -2.26. The molecule has 0 saturated heterocycles. The number of halogens is 1. The molecule has 0 aliphatic carbocycles. The molecular formula is C7H7ClN3. The first kappa shape index (κ1) is 6.91. The van der Waals surface area contributed by atoms with Gasteiger partial charge in [-0.25, -0.2) is 5.43 Å². The highest BCUT2D eigenvalue weighted by Crippen LogP contribution is 2.26. The van der Waals surface area contributed by atoms with Crippen molar-refractivity contribution in [3.63, 3.8) is 0 Å². The fourth-order valence-corrected chi connectivity index (χ4v) is 1.22. The second kappa shape index (κ2) is 2.37. The summed E-state index contributed by atoms with van der Waals surface area (Å²) in [6.45, 7) is 0. The van der Waals surface area contributed by atoms with Gasteiger partial charge in [-0.05, 0) is 18.2 Å². The molecule has 0 aromatic heterocycles. The first-order valence-corrected chi connectivity index (χ1v) is 3.59. The van der Waals surface area contributed by atoms with Crippen molar-refractivity contribution in [1.29, 1.82) is 0 Å². The van der Waals surface area contributed by atoms with Crippen molar-refractivity contribution in [1.82, 2.24) is 5.43 Å². The molecule has 1 aromatic rings. The Hall–Kier alpha value is -0.770. The maximum Gasteiger partial charge on any atom is 0.149 e. The van der Waals surface area contributed by atoms with Crippen LogP contribution in [-0.4, -0.2) is 0 Å². The number of fused-ring (bicyclic) bond motifs is 1. The average molecular weight is 169 g/mol. The van der Waals surface area contributed by atoms with Gasteiger partial charge in [-0.2, -0.15) is 0 Å². The fraction of sp³-hybridized carbons (Fsp3) is 0. The van der Waals surface area contributed by atoms with E-state index in [1.165, 1.54) is 0 Å². The van der Waals surface area contributed by atoms with E-state index in [0.717, 1.165) is 11.3 Å². The van der Waals surface area contributed by atoms with Gasteiger partial charge in [0.1, 0.15) is 6.17 Å². The number of hydrogen-bond acceptors (Lipinski definition) is 3. The Labute approximate surface area is 69.5 Å². The van der Waals surface area contributed by atoms with Crippen LogP contribution in [0, 0.1) is 6.17 Å². The summed E-state index contributed by atoms with van der Waals surface area (Å²) in [4.78, 5) is 0. The largest absolute Gasteiger partial charge is 0.319 e. The molecule has 1 aliphatic rings. The highest BCUT2D eigenvalue weighted by molar-refractivity contribution is 6.30. The molecule has 0 spiro atoms. The van der Waals surface area contributed by atoms with Crippen LogP contribution in [0.2, 0.25) is 5.02 Å². The first-order chi connectivity index (χ1) is 5.27. The molecule has 1 radical (unpaired) electrons. The normalized spacial score (nSPS) is 16.2. The predicted molar refractivity (Wildman–Crippen MR) is 44.7 cm³/mol. The summed E-state index contributed by atoms with van der Waals surface area (Å²) in [7, 11) is 0. The Bertz CT molecular complexity index is 287. The summed E-state index contributed by atoms with van der Waals surface area (Å²) in [5.74, 6) is 0. The molecule has 57 valence electrons. The van der Waals surface area contributed by atoms with Crippen LogP contribution >= 0.6 is 11.6 Å². The Morgan fingerprint density at radius 3 is 2.91 bits per heavy atom. The van der Waals surface area contributed by atoms with Crippen LogP contribution in [0.3, 0.4) is 0 Å². The number of nitrogens with one attached hydrogen (secondary N) is 2. The molecule has 4 heteroatoms. The van der Waals surface area contributed by atoms with Gasteiger partial charge in [-0.3, -0.25) is 0 Å². The fourth-order valence-electron chi connectivity index (χ4n) is 1.05. The van der Waals surface area contributed by atoms with Crippen LogP contribution in [0.25, 0.3) is 0 Å². The maximum atomic E-state index is 5.76. The smallest absolute Gasteiger partial charge is 0.149 e. The Morgan fingerprint density at radius 2 is 2.09 bits per heavy atom. The summed E-state index contributed by atoms with van der Waals surface area (Å²) in [5.41, 5.74) is 13.2. The first-order valence-electron chi connectivity index (χ1n) is 3.22. The number of hydrazine groups is 1. The van der Waals surface area contributed by atoms with E-state index in [1.54, 1.807) is 0 Å². The van der Waals surface area contributed by atoms with Gasteiger partial charge in [0.25, 0.3) is 0 Å². The molecule has 1 heterocycles. The van der Waals surface area contributed by atoms with Gasteiger partial charge in [-0.1, -0.05) is 11.6 Å². The van der Waals surface area contributed by atoms with E-state index >= 15 is 0 Å². The topological polar surface area (TPSA) is 50.1 Å². The molecule has 0 atom stereocenters. The third kappa shape index (κ3) is 1.07. The summed E-state index contributed by atoms with van der Waals surface area (Å²) < 4.78 is 0. The third-order valence-corrected chi connectivity index (χ3v) is 1.84. The number of nitrogens with two attached hydrogens (primary N) is 1. The molecule has 4 N–H and O–H groups in total. The predicted octanol–water partition coefficient (Wildman–Crippen LogP) is 1.07. The molecule has 11 heavy (non-hydrogen) atoms. The Balaban J connectivity index is 2.52. The molecule has 3 nitrogen and oxygen atoms in total. The van der Waals surface area contributed by atoms with Crippen LogP contribution in [0.15, 0.2) is 18.2 Å². The minimum Gasteiger partial charge on any atom is -0.319 e. The van der Waals surface area contributed by atoms with Crippen molar-refractivity contribution >= 4 is 17.3 Å². The number of anilines is 1. The van der Waals surface area contributed by atoms with Crippen molar-refractivity contribution in [2.24, 2.45) is 5.73 Å². The monoisotopic (exact) mass is 168 g/mol. The molecular weight excluding hydrogens is 162 g/mol. The summed E-state index contributed by atoms with van der Waals surface area (Å²) in [6, 6.07) is 5.51. The van der Waals surface area contributed by atoms with Crippen molar-refractivity contribution in [3.05, 3.63) is 35.0 Å². The molecule has 0 fully saturated rings. The molecule has 1 aromatic carbocycles. The van der Waals surface area contributed by atoms with Gasteiger partial charge in [0.15, 0.2) is 0 Å². The van der Waals surface area contributed by atoms with Gasteiger partial charge in [-0.15, -0.1) is 0 Å². The lowest BCUT2D eigenvalue weighted by Gasteiger charge is -1.99. The zero-order valence-corrected chi connectivity index (χ0v) is 6.44. The van der Waals surface area contributed by atoms with Gasteiger partial charge in [0, 0.05) is 10.6 Å². The zero-order valence-electron chi connectivity index (χ0n) is 5.69. The minimum absolute atomic E-state index is 0.613. The van der Waals surface area contributed by atoms with Gasteiger partial charge in [0.2, 0.25) is 0 Å². The van der Waals surface area contributed by atoms with E-state index < -0.39 is 0 Å². The van der Waals surface area contributed by atoms with Gasteiger partial charge >= 0.3 is 0 Å². The lowest BCUT2D eigenvalue weighted by atomic mass is 10.1. The summed E-state index contributed by atoms with van der Waals surface area (Å²) in [5, 5.41) is 0.692. The van der Waals surface area contributed by atoms with Gasteiger partial charge < -0.3 is 11.2 Å². The lowest BCUT2D eigenvalue weighted by molar-refractivity contribution is 0.872. The van der Waals surface area contributed by atoms with Crippen LogP contribution in [0.4, 0.5) is 5.69 Å². The van der Waals surface area contributed by atoms with Crippen LogP contribution < -0.4 is 16.6 Å². The van der Waals surface area contributed by atoms with Gasteiger partial charge in [0.05, 0.1) is 5.69 Å². The second-order valence-electron chi connectivity index (χ2n) is 2.35. The van der Waals surface area contributed by atoms with Crippen LogP contribution in [0.5, 0.6) is 0 Å². The zero-order chi connectivity index (χ0) is 7.84. The molecule has 1 aliphatic heterocycles. The van der Waals surface area contributed by atoms with Crippen molar-refractivity contribution in [2.45, 2.75) is 0 Å². The van der Waals surface area contributed by atoms with Crippen molar-refractivity contribution in [2.75, 3.05) is 5.43 Å². The van der Waals surface area contributed by atoms with Crippen LogP contribution in [0.1, 0.15) is 5.56 Å². The van der Waals surface area contributed by atoms with E-state index in [4.69, 9.17) is 17.3 Å². The van der Waals surface area contributed by atoms with Crippen molar-refractivity contribution < 1.29 is 0 Å². The van der Waals surface area contributed by atoms with E-state index in [-0.39, 0.29) is 0 Å². The third-order valence-electron chi connectivity index (χ3n) is 1.60. The number of hydrogen-bond donors (Lipinski definition) is 3. The van der Waals surface area contributed by atoms with Crippen molar-refractivity contribution in [3.8, 4) is 0 Å². The molecule has 0 bridgehead atoms. The van der Waals surface area contributed by atoms with E-state index in [1.807, 2.05) is 18.2 Å². The SMILES string of the molecule is N[C]1NNc2ccc(Cl)cc21. The summed E-state index contributed by atoms with van der Waals surface area (Å²) >= 11 is 5.76. The summed E-state index contributed by atoms with van der Waals surface area (Å²) in [6.07, 6.45) is 0.613. The van der Waals surface area contributed by atoms with E-state index in [0.29, 0.717) is 11.2 Å². The second-order valence-corrected chi connectivity index (χ2v) is 2.79. The van der Waals surface area contributed by atoms with E-state index in [2.05, 4.69) is 10.9 Å². The quantitative estimate of drug-likeness (QED) is 0.543. The van der Waals surface area contributed by atoms with Crippen LogP contribution in [-0.2, 0) is 0 Å². The Kier molecular flexibility index (Phi) is 1.49. The number of benzene rings is 1. The van der Waals surface area contributed by atoms with E-state index in [9.17, 15) is 0 Å². The minimum atomic E-state index is 0.613. The highest BCUT2D eigenvalue weighted by Gasteiger charge is 2.18. The molecule has 2 rings (SSSR count). The average Bonchev–Trinajstić information content (AvgIpc) is 2.33. The highest BCUT2D eigenvalue weighted by atomic mass is 35.5. The number of rotatable bonds is 0. The molecule has 0 unspecified atom stereocenters.